The summed E-state index contributed by atoms with van der Waals surface area (Å²) in [6.07, 6.45) is 7.39. The van der Waals surface area contributed by atoms with Gasteiger partial charge in [-0.15, -0.1) is 0 Å². The number of piperidine rings is 2. The molecule has 0 bridgehead atoms. The highest BCUT2D eigenvalue weighted by molar-refractivity contribution is 5.88. The molecule has 3 amide bonds. The Hall–Kier alpha value is -6.48. The van der Waals surface area contributed by atoms with Crippen molar-refractivity contribution in [3.63, 3.8) is 0 Å². The molecule has 5 fully saturated rings. The van der Waals surface area contributed by atoms with Gasteiger partial charge in [0.1, 0.15) is 17.9 Å². The van der Waals surface area contributed by atoms with Gasteiger partial charge in [-0.3, -0.25) is 14.9 Å². The van der Waals surface area contributed by atoms with Gasteiger partial charge >= 0.3 is 6.09 Å². The smallest absolute Gasteiger partial charge is 0.405 e. The molecule has 14 heteroatoms. The molecule has 14 nitrogen and oxygen atoms in total. The third-order valence-corrected chi connectivity index (χ3v) is 13.1. The third kappa shape index (κ3) is 7.92. The third-order valence-electron chi connectivity index (χ3n) is 13.1. The SMILES string of the molecule is C=C(Nc1ccc(C/C=C/Cc2ccc3nc([C@@H]4C[C@@H]5C[C@@H]5N4C(=O)[C@H](NC(=O)O)c4ccccc4)[nH]c3c2)cc1N)[C@@H]1C[C@@H]2C[C@@H]2N1C(=O)[C@H](NC1OCO1)c1ccccc1. The second kappa shape index (κ2) is 16.4. The number of nitrogens with one attached hydrogen (secondary N) is 4. The minimum absolute atomic E-state index is 0.0241. The van der Waals surface area contributed by atoms with Crippen molar-refractivity contribution in [1.82, 2.24) is 30.4 Å². The molecule has 5 aliphatic rings. The van der Waals surface area contributed by atoms with Gasteiger partial charge in [0.2, 0.25) is 12.3 Å². The highest BCUT2D eigenvalue weighted by atomic mass is 16.9. The maximum absolute atomic E-state index is 14.2. The van der Waals surface area contributed by atoms with Crippen molar-refractivity contribution in [3.8, 4) is 0 Å². The first-order valence-corrected chi connectivity index (χ1v) is 21.4. The quantitative estimate of drug-likeness (QED) is 0.0490. The molecule has 62 heavy (non-hydrogen) atoms. The summed E-state index contributed by atoms with van der Waals surface area (Å²) in [5, 5.41) is 18.7. The highest BCUT2D eigenvalue weighted by Gasteiger charge is 2.57. The van der Waals surface area contributed by atoms with Gasteiger partial charge in [0.15, 0.2) is 6.79 Å². The number of ether oxygens (including phenoxy) is 2. The molecule has 7 N–H and O–H groups in total. The van der Waals surface area contributed by atoms with Crippen LogP contribution in [0.25, 0.3) is 11.0 Å². The average Bonchev–Trinajstić information content (AvgIpc) is 4.06. The number of nitrogen functional groups attached to an aromatic ring is 1. The van der Waals surface area contributed by atoms with Crippen LogP contribution in [0, 0.1) is 11.8 Å². The number of rotatable bonds is 15. The summed E-state index contributed by atoms with van der Waals surface area (Å²) in [6, 6.07) is 29.1. The predicted molar refractivity (Wildman–Crippen MR) is 233 cm³/mol. The number of allylic oxidation sites excluding steroid dienone is 2. The topological polar surface area (TPSA) is 187 Å². The Morgan fingerprint density at radius 3 is 2.11 bits per heavy atom. The number of H-pyrrole nitrogens is 1. The van der Waals surface area contributed by atoms with Gasteiger partial charge in [-0.2, -0.15) is 0 Å². The number of fused-ring (bicyclic) bond motifs is 3. The van der Waals surface area contributed by atoms with Crippen molar-refractivity contribution >= 4 is 40.3 Å². The van der Waals surface area contributed by atoms with Crippen molar-refractivity contribution in [2.45, 2.75) is 81.2 Å². The van der Waals surface area contributed by atoms with Gasteiger partial charge in [0.25, 0.3) is 5.91 Å². The molecular formula is C48H50N8O6. The number of nitrogens with two attached hydrogens (primary N) is 1. The van der Waals surface area contributed by atoms with Gasteiger partial charge in [0.05, 0.1) is 34.5 Å². The van der Waals surface area contributed by atoms with E-state index in [9.17, 15) is 19.5 Å². The number of hydrogen-bond donors (Lipinski definition) is 6. The lowest BCUT2D eigenvalue weighted by Crippen LogP contribution is -2.52. The molecule has 0 radical (unpaired) electrons. The van der Waals surface area contributed by atoms with Gasteiger partial charge < -0.3 is 45.7 Å². The van der Waals surface area contributed by atoms with Crippen LogP contribution in [0.2, 0.25) is 0 Å². The molecule has 1 aromatic heterocycles. The van der Waals surface area contributed by atoms with Crippen LogP contribution in [0.1, 0.15) is 71.9 Å². The molecule has 2 aliphatic carbocycles. The number of aromatic amines is 1. The van der Waals surface area contributed by atoms with E-state index in [2.05, 4.69) is 57.9 Å². The lowest BCUT2D eigenvalue weighted by atomic mass is 10.0. The Labute approximate surface area is 359 Å². The number of nitrogens with zero attached hydrogens (tertiary/aromatic N) is 3. The van der Waals surface area contributed by atoms with Crippen LogP contribution in [-0.4, -0.2) is 74.1 Å². The maximum Gasteiger partial charge on any atom is 0.405 e. The number of imidazole rings is 1. The molecule has 3 aliphatic heterocycles. The first-order chi connectivity index (χ1) is 30.2. The fourth-order valence-electron chi connectivity index (χ4n) is 9.69. The summed E-state index contributed by atoms with van der Waals surface area (Å²) in [5.41, 5.74) is 14.1. The molecule has 10 rings (SSSR count). The number of carboxylic acid groups (broad SMARTS) is 1. The minimum Gasteiger partial charge on any atom is -0.465 e. The zero-order valence-electron chi connectivity index (χ0n) is 34.2. The van der Waals surface area contributed by atoms with Gasteiger partial charge in [-0.25, -0.2) is 9.78 Å². The molecule has 4 heterocycles. The van der Waals surface area contributed by atoms with E-state index >= 15 is 0 Å². The van der Waals surface area contributed by atoms with E-state index in [-0.39, 0.29) is 42.8 Å². The Morgan fingerprint density at radius 2 is 1.45 bits per heavy atom. The van der Waals surface area contributed by atoms with Crippen LogP contribution in [0.5, 0.6) is 0 Å². The molecule has 0 spiro atoms. The molecule has 4 aromatic carbocycles. The summed E-state index contributed by atoms with van der Waals surface area (Å²) in [4.78, 5) is 52.2. The van der Waals surface area contributed by atoms with E-state index in [0.29, 0.717) is 29.5 Å². The number of carbonyl (C=O) groups excluding carboxylic acids is 2. The number of anilines is 2. The largest absolute Gasteiger partial charge is 0.465 e. The average molecular weight is 835 g/mol. The summed E-state index contributed by atoms with van der Waals surface area (Å²) in [7, 11) is 0. The zero-order valence-corrected chi connectivity index (χ0v) is 34.2. The monoisotopic (exact) mass is 834 g/mol. The first kappa shape index (κ1) is 39.6. The second-order valence-electron chi connectivity index (χ2n) is 17.1. The highest BCUT2D eigenvalue weighted by Crippen LogP contribution is 2.54. The fourth-order valence-corrected chi connectivity index (χ4v) is 9.69. The van der Waals surface area contributed by atoms with Crippen molar-refractivity contribution in [2.75, 3.05) is 17.8 Å². The predicted octanol–water partition coefficient (Wildman–Crippen LogP) is 6.69. The van der Waals surface area contributed by atoms with Crippen molar-refractivity contribution in [2.24, 2.45) is 11.8 Å². The summed E-state index contributed by atoms with van der Waals surface area (Å²) < 4.78 is 10.9. The minimum atomic E-state index is -1.24. The van der Waals surface area contributed by atoms with Crippen LogP contribution < -0.4 is 21.7 Å². The Morgan fingerprint density at radius 1 is 0.823 bits per heavy atom. The number of aromatic nitrogens is 2. The molecule has 5 aromatic rings. The van der Waals surface area contributed by atoms with E-state index in [1.54, 1.807) is 24.3 Å². The van der Waals surface area contributed by atoms with Gasteiger partial charge in [-0.1, -0.05) is 91.5 Å². The van der Waals surface area contributed by atoms with Crippen molar-refractivity contribution in [3.05, 3.63) is 150 Å². The van der Waals surface area contributed by atoms with Crippen molar-refractivity contribution in [1.29, 1.82) is 0 Å². The molecule has 318 valence electrons. The standard InChI is InChI=1S/C48H50N8O6/c1-27(38-22-32-23-39(32)55(38)46(58)43(54-48-61-26-62-48)31-14-6-3-7-15-31)50-35-18-16-28(20-34(35)49)10-8-9-11-29-17-19-36-37(21-29)52-44(51-36)41-25-33-24-40(33)56(41)45(57)42(53-47(59)60)30-12-4-2-5-13-30/h2-9,12-21,32-33,38-43,48,50,53-54H,1,10-11,22-26,49H2,(H,51,52)(H,59,60)/b9-8+/t32-,33+,38+,39+,40+,41+,42-,43-/m1/s1. The van der Waals surface area contributed by atoms with E-state index in [1.807, 2.05) is 64.4 Å². The second-order valence-corrected chi connectivity index (χ2v) is 17.1. The van der Waals surface area contributed by atoms with E-state index < -0.39 is 24.6 Å². The van der Waals surface area contributed by atoms with Crippen LogP contribution in [0.4, 0.5) is 16.2 Å². The van der Waals surface area contributed by atoms with E-state index in [4.69, 9.17) is 20.2 Å². The normalized spacial score (nSPS) is 24.6. The van der Waals surface area contributed by atoms with Gasteiger partial charge in [0, 0.05) is 17.8 Å². The van der Waals surface area contributed by atoms with Crippen LogP contribution in [-0.2, 0) is 31.9 Å². The molecule has 8 atom stereocenters. The lowest BCUT2D eigenvalue weighted by Gasteiger charge is -2.36. The van der Waals surface area contributed by atoms with E-state index in [1.165, 1.54) is 0 Å². The lowest BCUT2D eigenvalue weighted by molar-refractivity contribution is -0.335. The van der Waals surface area contributed by atoms with E-state index in [0.717, 1.165) is 77.0 Å². The van der Waals surface area contributed by atoms with Crippen molar-refractivity contribution < 1.29 is 29.0 Å². The number of amides is 3. The Balaban J connectivity index is 0.759. The van der Waals surface area contributed by atoms with Crippen LogP contribution >= 0.6 is 0 Å². The Bertz CT molecular complexity index is 2540. The molecule has 0 unspecified atom stereocenters. The Kier molecular flexibility index (Phi) is 10.5. The number of carbonyl (C=O) groups is 3. The number of benzene rings is 4. The first-order valence-electron chi connectivity index (χ1n) is 21.4. The molecule has 2 saturated carbocycles. The number of likely N-dealkylation sites (tertiary alicyclic amines) is 2. The molecule has 3 saturated heterocycles. The molecular weight excluding hydrogens is 785 g/mol. The summed E-state index contributed by atoms with van der Waals surface area (Å²) >= 11 is 0. The fraction of sp³-hybridized carbons (Fsp3) is 0.333. The summed E-state index contributed by atoms with van der Waals surface area (Å²) in [5.74, 6) is 1.28. The van der Waals surface area contributed by atoms with Gasteiger partial charge in [-0.05, 0) is 96.9 Å². The van der Waals surface area contributed by atoms with Crippen LogP contribution in [0.15, 0.2) is 121 Å². The summed E-state index contributed by atoms with van der Waals surface area (Å²) in [6.45, 7) is 4.59. The maximum atomic E-state index is 14.2. The number of hydrogen-bond acceptors (Lipinski definition) is 9. The zero-order chi connectivity index (χ0) is 42.5. The van der Waals surface area contributed by atoms with Crippen LogP contribution in [0.3, 0.4) is 0 Å².